The van der Waals surface area contributed by atoms with E-state index in [0.29, 0.717) is 31.6 Å². The second-order valence-corrected chi connectivity index (χ2v) is 10.7. The molecular weight excluding hydrogens is 466 g/mol. The Hall–Kier alpha value is -2.92. The third-order valence-electron chi connectivity index (χ3n) is 8.12. The minimum Gasteiger partial charge on any atom is -0.487 e. The molecule has 196 valence electrons. The van der Waals surface area contributed by atoms with E-state index in [2.05, 4.69) is 41.8 Å². The highest BCUT2D eigenvalue weighted by Gasteiger charge is 2.45. The zero-order valence-electron chi connectivity index (χ0n) is 21.5. The Kier molecular flexibility index (Phi) is 7.80. The Morgan fingerprint density at radius 1 is 1.22 bits per heavy atom. The topological polar surface area (TPSA) is 104 Å². The normalized spacial score (nSPS) is 23.3. The third-order valence-corrected chi connectivity index (χ3v) is 8.12. The monoisotopic (exact) mass is 503 g/mol. The number of benzene rings is 2. The first-order chi connectivity index (χ1) is 18.0. The van der Waals surface area contributed by atoms with Crippen LogP contribution in [0.5, 0.6) is 5.75 Å². The third kappa shape index (κ3) is 5.82. The van der Waals surface area contributed by atoms with Crippen molar-refractivity contribution >= 4 is 5.91 Å². The average Bonchev–Trinajstić information content (AvgIpc) is 3.45. The van der Waals surface area contributed by atoms with Crippen LogP contribution >= 0.6 is 0 Å². The van der Waals surface area contributed by atoms with Gasteiger partial charge < -0.3 is 25.2 Å². The second kappa shape index (κ2) is 11.2. The molecule has 0 radical (unpaired) electrons. The fourth-order valence-electron chi connectivity index (χ4n) is 5.77. The number of carbonyl (C=O) groups is 1. The van der Waals surface area contributed by atoms with Crippen LogP contribution in [0.15, 0.2) is 42.5 Å². The molecule has 2 aromatic carbocycles. The van der Waals surface area contributed by atoms with Crippen LogP contribution in [0, 0.1) is 11.3 Å². The summed E-state index contributed by atoms with van der Waals surface area (Å²) in [6.45, 7) is 3.06. The largest absolute Gasteiger partial charge is 0.487 e. The van der Waals surface area contributed by atoms with E-state index in [1.165, 1.54) is 12.0 Å². The van der Waals surface area contributed by atoms with Crippen molar-refractivity contribution in [3.8, 4) is 11.8 Å². The molecule has 2 aromatic rings. The van der Waals surface area contributed by atoms with Crippen LogP contribution in [0.4, 0.5) is 0 Å². The van der Waals surface area contributed by atoms with Gasteiger partial charge >= 0.3 is 0 Å². The van der Waals surface area contributed by atoms with E-state index in [-0.39, 0.29) is 17.6 Å². The van der Waals surface area contributed by atoms with Crippen molar-refractivity contribution in [2.75, 3.05) is 13.2 Å². The molecule has 0 aromatic heterocycles. The van der Waals surface area contributed by atoms with Crippen molar-refractivity contribution < 1.29 is 19.4 Å². The molecule has 2 heterocycles. The Morgan fingerprint density at radius 2 is 2.08 bits per heavy atom. The number of ether oxygens (including phenoxy) is 2. The van der Waals surface area contributed by atoms with E-state index in [1.807, 2.05) is 18.2 Å². The van der Waals surface area contributed by atoms with Crippen molar-refractivity contribution in [1.29, 1.82) is 5.26 Å². The molecule has 1 amide bonds. The van der Waals surface area contributed by atoms with Crippen LogP contribution in [-0.4, -0.2) is 48.0 Å². The number of nitriles is 1. The molecule has 3 N–H and O–H groups in total. The molecule has 4 atom stereocenters. The zero-order chi connectivity index (χ0) is 25.8. The van der Waals surface area contributed by atoms with Gasteiger partial charge in [-0.25, -0.2) is 0 Å². The van der Waals surface area contributed by atoms with E-state index >= 15 is 0 Å². The maximum absolute atomic E-state index is 12.9. The van der Waals surface area contributed by atoms with Gasteiger partial charge in [0.25, 0.3) is 0 Å². The van der Waals surface area contributed by atoms with E-state index in [9.17, 15) is 15.2 Å². The number of hydrogen-bond acceptors (Lipinski definition) is 6. The standard InChI is InChI=1S/C30H37N3O4/c1-2-20-9-10-27-23(15-20)25(17-30(37-27)11-5-12-30)32-19-26(34)24(33-29(35)28-8-4-13-36-28)16-21-6-3-7-22(14-21)18-31/h3,6-7,9-10,14-15,24-26,28,32,34H,2,4-5,8,11-13,16-17,19H2,1H3,(H,33,35)/t24-,25?,26+,28?/m0/s1. The fraction of sp³-hybridized carbons (Fsp3) is 0.533. The molecule has 1 aliphatic carbocycles. The Bertz CT molecular complexity index is 1150. The summed E-state index contributed by atoms with van der Waals surface area (Å²) in [7, 11) is 0. The van der Waals surface area contributed by atoms with Crippen LogP contribution < -0.4 is 15.4 Å². The lowest BCUT2D eigenvalue weighted by Crippen LogP contribution is -2.53. The molecule has 5 rings (SSSR count). The summed E-state index contributed by atoms with van der Waals surface area (Å²) in [6.07, 6.45) is 5.79. The summed E-state index contributed by atoms with van der Waals surface area (Å²) >= 11 is 0. The zero-order valence-corrected chi connectivity index (χ0v) is 21.5. The number of aliphatic hydroxyl groups excluding tert-OH is 1. The van der Waals surface area contributed by atoms with Gasteiger partial charge in [0.2, 0.25) is 5.91 Å². The molecule has 2 fully saturated rings. The van der Waals surface area contributed by atoms with Crippen molar-refractivity contribution in [2.24, 2.45) is 0 Å². The number of rotatable bonds is 9. The van der Waals surface area contributed by atoms with Crippen LogP contribution in [0.25, 0.3) is 0 Å². The minimum absolute atomic E-state index is 0.0710. The van der Waals surface area contributed by atoms with Crippen LogP contribution in [0.1, 0.15) is 73.7 Å². The van der Waals surface area contributed by atoms with Gasteiger partial charge in [-0.15, -0.1) is 0 Å². The highest BCUT2D eigenvalue weighted by molar-refractivity contribution is 5.81. The lowest BCUT2D eigenvalue weighted by molar-refractivity contribution is -0.131. The number of nitrogens with zero attached hydrogens (tertiary/aromatic N) is 1. The fourth-order valence-corrected chi connectivity index (χ4v) is 5.77. The molecule has 7 heteroatoms. The first kappa shape index (κ1) is 25.7. The van der Waals surface area contributed by atoms with Gasteiger partial charge in [0.1, 0.15) is 17.5 Å². The molecule has 2 aliphatic heterocycles. The van der Waals surface area contributed by atoms with Gasteiger partial charge in [0.15, 0.2) is 0 Å². The van der Waals surface area contributed by atoms with Crippen molar-refractivity contribution in [3.63, 3.8) is 0 Å². The SMILES string of the molecule is CCc1ccc2c(c1)C(NC[C@@H](O)[C@H](Cc1cccc(C#N)c1)NC(=O)C1CCCO1)CC1(CCC1)O2. The van der Waals surface area contributed by atoms with Gasteiger partial charge in [-0.1, -0.05) is 31.2 Å². The summed E-state index contributed by atoms with van der Waals surface area (Å²) in [6, 6.07) is 15.5. The lowest BCUT2D eigenvalue weighted by atomic mass is 9.72. The Morgan fingerprint density at radius 3 is 2.78 bits per heavy atom. The predicted octanol–water partition coefficient (Wildman–Crippen LogP) is 3.72. The number of fused-ring (bicyclic) bond motifs is 1. The summed E-state index contributed by atoms with van der Waals surface area (Å²) in [5, 5.41) is 27.3. The Labute approximate surface area is 219 Å². The van der Waals surface area contributed by atoms with Crippen molar-refractivity contribution in [1.82, 2.24) is 10.6 Å². The lowest BCUT2D eigenvalue weighted by Gasteiger charge is -2.48. The van der Waals surface area contributed by atoms with Crippen LogP contribution in [-0.2, 0) is 22.4 Å². The average molecular weight is 504 g/mol. The van der Waals surface area contributed by atoms with Crippen molar-refractivity contribution in [2.45, 2.75) is 88.2 Å². The maximum Gasteiger partial charge on any atom is 0.249 e. The molecule has 37 heavy (non-hydrogen) atoms. The predicted molar refractivity (Wildman–Crippen MR) is 140 cm³/mol. The van der Waals surface area contributed by atoms with Crippen LogP contribution in [0.3, 0.4) is 0 Å². The van der Waals surface area contributed by atoms with E-state index in [4.69, 9.17) is 9.47 Å². The quantitative estimate of drug-likeness (QED) is 0.482. The van der Waals surface area contributed by atoms with Gasteiger partial charge in [-0.05, 0) is 74.3 Å². The molecule has 0 bridgehead atoms. The molecule has 3 aliphatic rings. The number of aryl methyl sites for hydroxylation is 1. The van der Waals surface area contributed by atoms with Gasteiger partial charge in [0.05, 0.1) is 23.8 Å². The van der Waals surface area contributed by atoms with E-state index in [1.54, 1.807) is 6.07 Å². The first-order valence-corrected chi connectivity index (χ1v) is 13.6. The first-order valence-electron chi connectivity index (χ1n) is 13.6. The summed E-state index contributed by atoms with van der Waals surface area (Å²) in [5.74, 6) is 0.752. The summed E-state index contributed by atoms with van der Waals surface area (Å²) in [5.41, 5.74) is 3.75. The highest BCUT2D eigenvalue weighted by Crippen LogP contribution is 2.49. The number of nitrogens with one attached hydrogen (secondary N) is 2. The van der Waals surface area contributed by atoms with Gasteiger partial charge in [-0.3, -0.25) is 4.79 Å². The smallest absolute Gasteiger partial charge is 0.249 e. The highest BCUT2D eigenvalue weighted by atomic mass is 16.5. The molecular formula is C30H37N3O4. The molecule has 1 saturated heterocycles. The summed E-state index contributed by atoms with van der Waals surface area (Å²) < 4.78 is 12.0. The van der Waals surface area contributed by atoms with Crippen LogP contribution in [0.2, 0.25) is 0 Å². The van der Waals surface area contributed by atoms with E-state index < -0.39 is 18.2 Å². The number of aliphatic hydroxyl groups is 1. The van der Waals surface area contributed by atoms with Gasteiger partial charge in [0, 0.05) is 31.2 Å². The molecule has 2 unspecified atom stereocenters. The maximum atomic E-state index is 12.9. The number of hydrogen-bond donors (Lipinski definition) is 3. The minimum atomic E-state index is -0.825. The van der Waals surface area contributed by atoms with E-state index in [0.717, 1.165) is 49.0 Å². The van der Waals surface area contributed by atoms with Gasteiger partial charge in [-0.2, -0.15) is 5.26 Å². The molecule has 1 saturated carbocycles. The number of amides is 1. The second-order valence-electron chi connectivity index (χ2n) is 10.7. The number of carbonyl (C=O) groups excluding carboxylic acids is 1. The van der Waals surface area contributed by atoms with Crippen molar-refractivity contribution in [3.05, 3.63) is 64.7 Å². The summed E-state index contributed by atoms with van der Waals surface area (Å²) in [4.78, 5) is 12.9. The Balaban J connectivity index is 1.32. The molecule has 7 nitrogen and oxygen atoms in total. The molecule has 1 spiro atoms.